The van der Waals surface area contributed by atoms with Gasteiger partial charge in [0, 0.05) is 21.9 Å². The number of rotatable bonds is 2. The van der Waals surface area contributed by atoms with Crippen molar-refractivity contribution >= 4 is 15.9 Å². The van der Waals surface area contributed by atoms with E-state index in [1.54, 1.807) is 0 Å². The Hall–Kier alpha value is -0.380. The van der Waals surface area contributed by atoms with Gasteiger partial charge in [0.25, 0.3) is 0 Å². The third kappa shape index (κ3) is 1.85. The molecule has 0 spiro atoms. The summed E-state index contributed by atoms with van der Waals surface area (Å²) in [4.78, 5) is 0. The molecule has 4 rings (SSSR count). The molecule has 3 saturated heterocycles. The monoisotopic (exact) mass is 296 g/mol. The number of benzene rings is 1. The molecule has 3 aliphatic rings. The molecule has 0 radical (unpaired) electrons. The Kier molecular flexibility index (Phi) is 2.80. The van der Waals surface area contributed by atoms with Gasteiger partial charge in [-0.15, -0.1) is 0 Å². The number of hydrogen-bond acceptors (Lipinski definition) is 2. The van der Waals surface area contributed by atoms with E-state index in [-0.39, 0.29) is 5.41 Å². The number of hydrogen-bond donors (Lipinski definition) is 0. The fourth-order valence-corrected chi connectivity index (χ4v) is 3.00. The second-order valence-electron chi connectivity index (χ2n) is 5.19. The summed E-state index contributed by atoms with van der Waals surface area (Å²) in [5, 5.41) is 0. The molecule has 2 nitrogen and oxygen atoms in total. The topological polar surface area (TPSA) is 18.5 Å². The van der Waals surface area contributed by atoms with Gasteiger partial charge in [0.1, 0.15) is 0 Å². The highest BCUT2D eigenvalue weighted by molar-refractivity contribution is 9.10. The van der Waals surface area contributed by atoms with Crippen LogP contribution < -0.4 is 0 Å². The minimum absolute atomic E-state index is 0.275. The molecular formula is C14H17BrO2. The minimum Gasteiger partial charge on any atom is -0.345 e. The summed E-state index contributed by atoms with van der Waals surface area (Å²) in [7, 11) is 0. The normalized spacial score (nSPS) is 36.1. The number of halogens is 1. The van der Waals surface area contributed by atoms with Crippen molar-refractivity contribution in [3.63, 3.8) is 0 Å². The molecule has 3 heteroatoms. The lowest BCUT2D eigenvalue weighted by Crippen LogP contribution is -2.53. The molecule has 2 bridgehead atoms. The van der Waals surface area contributed by atoms with E-state index in [9.17, 15) is 0 Å². The Balaban J connectivity index is 1.88. The molecule has 17 heavy (non-hydrogen) atoms. The summed E-state index contributed by atoms with van der Waals surface area (Å²) in [5.74, 6) is -0.475. The lowest BCUT2D eigenvalue weighted by Gasteiger charge is -2.52. The first kappa shape index (κ1) is 11.7. The third-order valence-corrected chi connectivity index (χ3v) is 4.77. The Bertz CT molecular complexity index is 388. The van der Waals surface area contributed by atoms with Gasteiger partial charge in [-0.05, 0) is 25.0 Å². The van der Waals surface area contributed by atoms with E-state index in [0.29, 0.717) is 0 Å². The number of ether oxygens (including phenoxy) is 2. The van der Waals surface area contributed by atoms with Gasteiger partial charge >= 0.3 is 0 Å². The second-order valence-corrected chi connectivity index (χ2v) is 6.11. The summed E-state index contributed by atoms with van der Waals surface area (Å²) < 4.78 is 13.2. The van der Waals surface area contributed by atoms with Crippen LogP contribution in [-0.2, 0) is 15.3 Å². The SMILES string of the molecule is CCC12CCC(c3ccc(Br)cc3)(OC1)OC2. The van der Waals surface area contributed by atoms with Crippen molar-refractivity contribution in [3.8, 4) is 0 Å². The first-order valence-corrected chi connectivity index (χ1v) is 7.01. The maximum atomic E-state index is 6.05. The molecule has 3 aliphatic heterocycles. The summed E-state index contributed by atoms with van der Waals surface area (Å²) in [6, 6.07) is 8.28. The van der Waals surface area contributed by atoms with Gasteiger partial charge in [-0.1, -0.05) is 35.0 Å². The molecule has 3 heterocycles. The van der Waals surface area contributed by atoms with Gasteiger partial charge in [0.05, 0.1) is 13.2 Å². The molecule has 1 aromatic carbocycles. The van der Waals surface area contributed by atoms with Crippen LogP contribution in [0.3, 0.4) is 0 Å². The van der Waals surface area contributed by atoms with Crippen molar-refractivity contribution in [1.82, 2.24) is 0 Å². The summed E-state index contributed by atoms with van der Waals surface area (Å²) in [5.41, 5.74) is 1.42. The maximum absolute atomic E-state index is 6.05. The summed E-state index contributed by atoms with van der Waals surface area (Å²) >= 11 is 3.46. The Labute approximate surface area is 110 Å². The smallest absolute Gasteiger partial charge is 0.194 e. The zero-order valence-electron chi connectivity index (χ0n) is 10.0. The van der Waals surface area contributed by atoms with Crippen LogP contribution in [-0.4, -0.2) is 13.2 Å². The van der Waals surface area contributed by atoms with Crippen LogP contribution in [0.5, 0.6) is 0 Å². The van der Waals surface area contributed by atoms with E-state index in [2.05, 4.69) is 35.0 Å². The zero-order valence-corrected chi connectivity index (χ0v) is 11.6. The van der Waals surface area contributed by atoms with Gasteiger partial charge in [0.15, 0.2) is 5.79 Å². The summed E-state index contributed by atoms with van der Waals surface area (Å²) in [6.45, 7) is 3.89. The quantitative estimate of drug-likeness (QED) is 0.825. The highest BCUT2D eigenvalue weighted by Crippen LogP contribution is 2.50. The lowest BCUT2D eigenvalue weighted by atomic mass is 9.75. The highest BCUT2D eigenvalue weighted by atomic mass is 79.9. The van der Waals surface area contributed by atoms with Crippen LogP contribution >= 0.6 is 15.9 Å². The molecule has 0 N–H and O–H groups in total. The molecule has 0 aromatic heterocycles. The van der Waals surface area contributed by atoms with E-state index in [4.69, 9.17) is 9.47 Å². The summed E-state index contributed by atoms with van der Waals surface area (Å²) in [6.07, 6.45) is 3.32. The van der Waals surface area contributed by atoms with Gasteiger partial charge in [-0.3, -0.25) is 0 Å². The Morgan fingerprint density at radius 1 is 1.12 bits per heavy atom. The largest absolute Gasteiger partial charge is 0.345 e. The van der Waals surface area contributed by atoms with Gasteiger partial charge < -0.3 is 9.47 Å². The minimum atomic E-state index is -0.475. The average Bonchev–Trinajstić information content (AvgIpc) is 2.41. The molecule has 0 unspecified atom stereocenters. The predicted molar refractivity (Wildman–Crippen MR) is 69.7 cm³/mol. The van der Waals surface area contributed by atoms with Crippen molar-refractivity contribution in [2.45, 2.75) is 32.0 Å². The molecule has 1 aromatic rings. The third-order valence-electron chi connectivity index (χ3n) is 4.24. The van der Waals surface area contributed by atoms with Gasteiger partial charge in [-0.2, -0.15) is 0 Å². The molecule has 0 atom stereocenters. The number of fused-ring (bicyclic) bond motifs is 3. The van der Waals surface area contributed by atoms with Crippen molar-refractivity contribution in [2.75, 3.05) is 13.2 Å². The van der Waals surface area contributed by atoms with E-state index in [0.717, 1.165) is 36.1 Å². The second kappa shape index (κ2) is 4.08. The van der Waals surface area contributed by atoms with Crippen molar-refractivity contribution in [3.05, 3.63) is 34.3 Å². The first-order valence-electron chi connectivity index (χ1n) is 6.22. The van der Waals surface area contributed by atoms with Crippen LogP contribution in [0.1, 0.15) is 31.7 Å². The van der Waals surface area contributed by atoms with Crippen LogP contribution in [0.4, 0.5) is 0 Å². The van der Waals surface area contributed by atoms with E-state index < -0.39 is 5.79 Å². The molecular weight excluding hydrogens is 280 g/mol. The first-order chi connectivity index (χ1) is 8.18. The van der Waals surface area contributed by atoms with E-state index >= 15 is 0 Å². The van der Waals surface area contributed by atoms with Crippen LogP contribution in [0.2, 0.25) is 0 Å². The molecule has 0 amide bonds. The van der Waals surface area contributed by atoms with Gasteiger partial charge in [0.2, 0.25) is 0 Å². The van der Waals surface area contributed by atoms with Crippen LogP contribution in [0.25, 0.3) is 0 Å². The van der Waals surface area contributed by atoms with Gasteiger partial charge in [-0.25, -0.2) is 0 Å². The zero-order chi connectivity index (χ0) is 11.9. The standard InChI is InChI=1S/C14H17BrO2/c1-2-13-7-8-14(16-9-13,17-10-13)11-3-5-12(15)6-4-11/h3-6H,2,7-10H2,1H3. The van der Waals surface area contributed by atoms with Crippen LogP contribution in [0.15, 0.2) is 28.7 Å². The maximum Gasteiger partial charge on any atom is 0.194 e. The highest BCUT2D eigenvalue weighted by Gasteiger charge is 2.50. The Morgan fingerprint density at radius 3 is 2.24 bits per heavy atom. The van der Waals surface area contributed by atoms with E-state index in [1.165, 1.54) is 6.42 Å². The Morgan fingerprint density at radius 2 is 1.76 bits per heavy atom. The fraction of sp³-hybridized carbons (Fsp3) is 0.571. The lowest BCUT2D eigenvalue weighted by molar-refractivity contribution is -0.350. The molecule has 92 valence electrons. The van der Waals surface area contributed by atoms with Crippen LogP contribution in [0, 0.1) is 5.41 Å². The molecule has 3 fully saturated rings. The van der Waals surface area contributed by atoms with Crippen molar-refractivity contribution < 1.29 is 9.47 Å². The van der Waals surface area contributed by atoms with Crippen molar-refractivity contribution in [2.24, 2.45) is 5.41 Å². The molecule has 0 saturated carbocycles. The van der Waals surface area contributed by atoms with E-state index in [1.807, 2.05) is 12.1 Å². The predicted octanol–water partition coefficient (Wildman–Crippen LogP) is 3.84. The van der Waals surface area contributed by atoms with Crippen molar-refractivity contribution in [1.29, 1.82) is 0 Å². The molecule has 0 aliphatic carbocycles. The fourth-order valence-electron chi connectivity index (χ4n) is 2.74. The average molecular weight is 297 g/mol.